The SMILES string of the molecule is O=P(O)(O)[C@H](NCc1ccccc1)c1cn(-c2ccccc2)nc1-c1cccnc1. The molecule has 1 atom stereocenters. The fourth-order valence-electron chi connectivity index (χ4n) is 3.25. The van der Waals surface area contributed by atoms with Gasteiger partial charge in [0.25, 0.3) is 0 Å². The van der Waals surface area contributed by atoms with Crippen molar-refractivity contribution < 1.29 is 14.4 Å². The van der Waals surface area contributed by atoms with Crippen LogP contribution in [-0.2, 0) is 11.1 Å². The van der Waals surface area contributed by atoms with Crippen LogP contribution in [0.2, 0.25) is 0 Å². The average Bonchev–Trinajstić information content (AvgIpc) is 3.20. The summed E-state index contributed by atoms with van der Waals surface area (Å²) in [6, 6.07) is 22.5. The van der Waals surface area contributed by atoms with Crippen LogP contribution in [-0.4, -0.2) is 24.6 Å². The van der Waals surface area contributed by atoms with Gasteiger partial charge in [-0.2, -0.15) is 5.10 Å². The topological polar surface area (TPSA) is 100 Å². The summed E-state index contributed by atoms with van der Waals surface area (Å²) in [6.07, 6.45) is 4.94. The van der Waals surface area contributed by atoms with Gasteiger partial charge in [0.15, 0.2) is 0 Å². The fraction of sp³-hybridized carbons (Fsp3) is 0.0909. The van der Waals surface area contributed by atoms with Gasteiger partial charge in [-0.3, -0.25) is 14.9 Å². The molecule has 2 heterocycles. The van der Waals surface area contributed by atoms with E-state index in [-0.39, 0.29) is 0 Å². The van der Waals surface area contributed by atoms with E-state index < -0.39 is 13.4 Å². The molecule has 0 aliphatic heterocycles. The van der Waals surface area contributed by atoms with E-state index in [1.54, 1.807) is 29.3 Å². The van der Waals surface area contributed by atoms with Crippen LogP contribution < -0.4 is 5.32 Å². The van der Waals surface area contributed by atoms with Crippen LogP contribution in [0.1, 0.15) is 16.9 Å². The summed E-state index contributed by atoms with van der Waals surface area (Å²) in [5.41, 5.74) is 3.29. The predicted molar refractivity (Wildman–Crippen MR) is 115 cm³/mol. The Bertz CT molecular complexity index is 1140. The Morgan fingerprint density at radius 3 is 2.30 bits per heavy atom. The van der Waals surface area contributed by atoms with Crippen LogP contribution >= 0.6 is 7.60 Å². The van der Waals surface area contributed by atoms with Gasteiger partial charge < -0.3 is 9.79 Å². The highest BCUT2D eigenvalue weighted by Crippen LogP contribution is 2.52. The second-order valence-electron chi connectivity index (χ2n) is 6.81. The van der Waals surface area contributed by atoms with Gasteiger partial charge in [-0.25, -0.2) is 4.68 Å². The first-order valence-corrected chi connectivity index (χ1v) is 11.1. The van der Waals surface area contributed by atoms with Crippen LogP contribution in [0.3, 0.4) is 0 Å². The number of pyridine rings is 1. The van der Waals surface area contributed by atoms with Gasteiger partial charge in [-0.15, -0.1) is 0 Å². The highest BCUT2D eigenvalue weighted by atomic mass is 31.2. The first kappa shape index (κ1) is 20.2. The van der Waals surface area contributed by atoms with E-state index in [4.69, 9.17) is 0 Å². The van der Waals surface area contributed by atoms with Crippen molar-refractivity contribution in [3.63, 3.8) is 0 Å². The Morgan fingerprint density at radius 1 is 0.967 bits per heavy atom. The Labute approximate surface area is 174 Å². The van der Waals surface area contributed by atoms with Crippen molar-refractivity contribution in [2.45, 2.75) is 12.3 Å². The third kappa shape index (κ3) is 4.56. The maximum Gasteiger partial charge on any atom is 0.346 e. The highest BCUT2D eigenvalue weighted by Gasteiger charge is 2.34. The lowest BCUT2D eigenvalue weighted by Crippen LogP contribution is -2.21. The molecule has 152 valence electrons. The molecular formula is C22H21N4O3P. The summed E-state index contributed by atoms with van der Waals surface area (Å²) in [5.74, 6) is -1.22. The van der Waals surface area contributed by atoms with Crippen molar-refractivity contribution >= 4 is 7.60 Å². The second-order valence-corrected chi connectivity index (χ2v) is 8.51. The van der Waals surface area contributed by atoms with Crippen LogP contribution in [0.4, 0.5) is 0 Å². The van der Waals surface area contributed by atoms with Gasteiger partial charge in [0.2, 0.25) is 0 Å². The van der Waals surface area contributed by atoms with E-state index in [0.29, 0.717) is 23.4 Å². The maximum atomic E-state index is 12.5. The number of para-hydroxylation sites is 1. The zero-order valence-electron chi connectivity index (χ0n) is 16.0. The second kappa shape index (κ2) is 8.73. The lowest BCUT2D eigenvalue weighted by atomic mass is 10.1. The van der Waals surface area contributed by atoms with Gasteiger partial charge in [0, 0.05) is 36.3 Å². The number of benzene rings is 2. The van der Waals surface area contributed by atoms with Crippen molar-refractivity contribution in [1.82, 2.24) is 20.1 Å². The molecule has 0 fully saturated rings. The van der Waals surface area contributed by atoms with E-state index in [1.807, 2.05) is 66.7 Å². The summed E-state index contributed by atoms with van der Waals surface area (Å²) < 4.78 is 14.1. The molecular weight excluding hydrogens is 399 g/mol. The monoisotopic (exact) mass is 420 g/mol. The highest BCUT2D eigenvalue weighted by molar-refractivity contribution is 7.52. The number of hydrogen-bond acceptors (Lipinski definition) is 4. The first-order chi connectivity index (χ1) is 14.5. The number of nitrogens with one attached hydrogen (secondary N) is 1. The normalized spacial score (nSPS) is 12.6. The quantitative estimate of drug-likeness (QED) is 0.392. The van der Waals surface area contributed by atoms with Crippen molar-refractivity contribution in [3.05, 3.63) is 103 Å². The van der Waals surface area contributed by atoms with Crippen molar-refractivity contribution in [2.24, 2.45) is 0 Å². The third-order valence-electron chi connectivity index (χ3n) is 4.67. The van der Waals surface area contributed by atoms with E-state index in [2.05, 4.69) is 15.4 Å². The smallest absolute Gasteiger partial charge is 0.323 e. The molecule has 4 aromatic rings. The van der Waals surface area contributed by atoms with Gasteiger partial charge in [0.1, 0.15) is 5.78 Å². The molecule has 0 aliphatic carbocycles. The molecule has 7 nitrogen and oxygen atoms in total. The molecule has 0 aliphatic rings. The van der Waals surface area contributed by atoms with Crippen LogP contribution in [0.15, 0.2) is 91.4 Å². The van der Waals surface area contributed by atoms with Crippen LogP contribution in [0.5, 0.6) is 0 Å². The molecule has 2 aromatic carbocycles. The lowest BCUT2D eigenvalue weighted by molar-refractivity contribution is 0.347. The van der Waals surface area contributed by atoms with Crippen LogP contribution in [0.25, 0.3) is 16.9 Å². The molecule has 0 saturated carbocycles. The van der Waals surface area contributed by atoms with E-state index in [0.717, 1.165) is 11.3 Å². The lowest BCUT2D eigenvalue weighted by Gasteiger charge is -2.20. The Balaban J connectivity index is 1.78. The first-order valence-electron chi connectivity index (χ1n) is 9.40. The largest absolute Gasteiger partial charge is 0.346 e. The minimum Gasteiger partial charge on any atom is -0.323 e. The summed E-state index contributed by atoms with van der Waals surface area (Å²) in [5, 5.41) is 7.66. The summed E-state index contributed by atoms with van der Waals surface area (Å²) >= 11 is 0. The molecule has 8 heteroatoms. The maximum absolute atomic E-state index is 12.5. The summed E-state index contributed by atoms with van der Waals surface area (Å²) in [7, 11) is -4.55. The molecule has 2 aromatic heterocycles. The average molecular weight is 420 g/mol. The molecule has 3 N–H and O–H groups in total. The summed E-state index contributed by atoms with van der Waals surface area (Å²) in [6.45, 7) is 0.305. The van der Waals surface area contributed by atoms with E-state index in [1.165, 1.54) is 0 Å². The van der Waals surface area contributed by atoms with Gasteiger partial charge in [-0.05, 0) is 29.8 Å². The third-order valence-corrected chi connectivity index (χ3v) is 5.80. The number of hydrogen-bond donors (Lipinski definition) is 3. The standard InChI is InChI=1S/C22H21N4O3P/c27-30(28,29)22(24-14-17-8-3-1-4-9-17)20-16-26(19-11-5-2-6-12-19)25-21(20)18-10-7-13-23-15-18/h1-13,15-16,22,24H,14H2,(H2,27,28,29)/t22-/m0/s1. The number of rotatable bonds is 7. The molecule has 0 saturated heterocycles. The van der Waals surface area contributed by atoms with E-state index >= 15 is 0 Å². The molecule has 0 spiro atoms. The molecule has 0 radical (unpaired) electrons. The van der Waals surface area contributed by atoms with Crippen molar-refractivity contribution in [3.8, 4) is 16.9 Å². The van der Waals surface area contributed by atoms with Gasteiger partial charge in [0.05, 0.1) is 11.4 Å². The Morgan fingerprint density at radius 2 is 1.67 bits per heavy atom. The predicted octanol–water partition coefficient (Wildman–Crippen LogP) is 3.90. The molecule has 0 amide bonds. The minimum absolute atomic E-state index is 0.305. The Hall–Kier alpha value is -3.09. The fourth-order valence-corrected chi connectivity index (χ4v) is 4.13. The summed E-state index contributed by atoms with van der Waals surface area (Å²) in [4.78, 5) is 24.4. The molecule has 0 unspecified atom stereocenters. The minimum atomic E-state index is -4.55. The zero-order chi connectivity index (χ0) is 21.0. The molecule has 0 bridgehead atoms. The van der Waals surface area contributed by atoms with Gasteiger partial charge in [-0.1, -0.05) is 48.5 Å². The molecule has 4 rings (SSSR count). The van der Waals surface area contributed by atoms with Crippen molar-refractivity contribution in [2.75, 3.05) is 0 Å². The van der Waals surface area contributed by atoms with Crippen molar-refractivity contribution in [1.29, 1.82) is 0 Å². The van der Waals surface area contributed by atoms with E-state index in [9.17, 15) is 14.4 Å². The number of nitrogens with zero attached hydrogens (tertiary/aromatic N) is 3. The number of aromatic nitrogens is 3. The Kier molecular flexibility index (Phi) is 5.88. The van der Waals surface area contributed by atoms with Gasteiger partial charge >= 0.3 is 7.60 Å². The van der Waals surface area contributed by atoms with Crippen LogP contribution in [0, 0.1) is 0 Å². The molecule has 30 heavy (non-hydrogen) atoms. The zero-order valence-corrected chi connectivity index (χ0v) is 16.9.